The summed E-state index contributed by atoms with van der Waals surface area (Å²) in [6.07, 6.45) is -1.72. The lowest BCUT2D eigenvalue weighted by atomic mass is 10.1. The van der Waals surface area contributed by atoms with Gasteiger partial charge < -0.3 is 10.2 Å². The number of amides is 2. The second kappa shape index (κ2) is 9.49. The van der Waals surface area contributed by atoms with Gasteiger partial charge in [-0.1, -0.05) is 13.8 Å². The van der Waals surface area contributed by atoms with E-state index in [4.69, 9.17) is 0 Å². The molecular weight excluding hydrogens is 390 g/mol. The first-order chi connectivity index (χ1) is 13.6. The molecule has 1 aromatic heterocycles. The summed E-state index contributed by atoms with van der Waals surface area (Å²) >= 11 is 0. The molecule has 0 aliphatic rings. The van der Waals surface area contributed by atoms with Crippen molar-refractivity contribution in [2.45, 2.75) is 26.6 Å². The zero-order valence-electron chi connectivity index (χ0n) is 16.0. The summed E-state index contributed by atoms with van der Waals surface area (Å²) in [5, 5.41) is 2.61. The van der Waals surface area contributed by atoms with Crippen LogP contribution in [0.15, 0.2) is 42.7 Å². The molecule has 5 nitrogen and oxygen atoms in total. The minimum absolute atomic E-state index is 0.0126. The predicted octanol–water partition coefficient (Wildman–Crippen LogP) is 3.65. The van der Waals surface area contributed by atoms with Crippen molar-refractivity contribution in [1.29, 1.82) is 0 Å². The van der Waals surface area contributed by atoms with Gasteiger partial charge in [0.2, 0.25) is 5.91 Å². The number of nitrogens with zero attached hydrogens (tertiary/aromatic N) is 2. The van der Waals surface area contributed by atoms with Crippen molar-refractivity contribution in [3.63, 3.8) is 0 Å². The molecular formula is C20H21F4N3O2. The number of benzene rings is 1. The molecule has 1 aromatic carbocycles. The van der Waals surface area contributed by atoms with Crippen LogP contribution in [0, 0.1) is 11.7 Å². The Morgan fingerprint density at radius 2 is 1.93 bits per heavy atom. The molecule has 0 fully saturated rings. The Balaban J connectivity index is 2.11. The molecule has 0 bridgehead atoms. The highest BCUT2D eigenvalue weighted by Gasteiger charge is 2.31. The molecule has 0 unspecified atom stereocenters. The number of rotatable bonds is 7. The lowest BCUT2D eigenvalue weighted by molar-refractivity contribution is -0.137. The first kappa shape index (κ1) is 22.3. The zero-order chi connectivity index (χ0) is 21.6. The fourth-order valence-electron chi connectivity index (χ4n) is 2.61. The molecule has 29 heavy (non-hydrogen) atoms. The fourth-order valence-corrected chi connectivity index (χ4v) is 2.61. The quantitative estimate of drug-likeness (QED) is 0.708. The average Bonchev–Trinajstić information content (AvgIpc) is 2.67. The van der Waals surface area contributed by atoms with Gasteiger partial charge in [-0.3, -0.25) is 14.6 Å². The highest BCUT2D eigenvalue weighted by molar-refractivity contribution is 5.93. The van der Waals surface area contributed by atoms with E-state index in [1.54, 1.807) is 26.0 Å². The van der Waals surface area contributed by atoms with Crippen LogP contribution < -0.4 is 5.32 Å². The molecule has 1 N–H and O–H groups in total. The Bertz CT molecular complexity index is 855. The first-order valence-electron chi connectivity index (χ1n) is 8.92. The number of hydrogen-bond acceptors (Lipinski definition) is 3. The minimum atomic E-state index is -4.62. The van der Waals surface area contributed by atoms with Crippen LogP contribution in [-0.2, 0) is 17.5 Å². The summed E-state index contributed by atoms with van der Waals surface area (Å²) in [6, 6.07) is 5.25. The molecule has 0 saturated carbocycles. The zero-order valence-corrected chi connectivity index (χ0v) is 16.0. The van der Waals surface area contributed by atoms with Gasteiger partial charge in [-0.05, 0) is 30.3 Å². The van der Waals surface area contributed by atoms with Gasteiger partial charge in [0.15, 0.2) is 0 Å². The van der Waals surface area contributed by atoms with Crippen LogP contribution in [0.3, 0.4) is 0 Å². The van der Waals surface area contributed by atoms with E-state index >= 15 is 0 Å². The Hall–Kier alpha value is -2.97. The molecule has 156 valence electrons. The SMILES string of the molecule is CC(C)C(=O)N(CCNC(=O)c1cccnc1)Cc1cc(C(F)(F)F)ccc1F. The van der Waals surface area contributed by atoms with E-state index in [-0.39, 0.29) is 31.1 Å². The maximum Gasteiger partial charge on any atom is 0.416 e. The minimum Gasteiger partial charge on any atom is -0.350 e. The van der Waals surface area contributed by atoms with Crippen LogP contribution in [0.2, 0.25) is 0 Å². The number of alkyl halides is 3. The first-order valence-corrected chi connectivity index (χ1v) is 8.92. The highest BCUT2D eigenvalue weighted by atomic mass is 19.4. The van der Waals surface area contributed by atoms with Crippen molar-refractivity contribution in [3.05, 3.63) is 65.2 Å². The Labute approximate surface area is 165 Å². The lowest BCUT2D eigenvalue weighted by Gasteiger charge is -2.25. The highest BCUT2D eigenvalue weighted by Crippen LogP contribution is 2.30. The van der Waals surface area contributed by atoms with Crippen LogP contribution in [0.1, 0.15) is 35.3 Å². The van der Waals surface area contributed by atoms with Crippen molar-refractivity contribution in [2.75, 3.05) is 13.1 Å². The Kier molecular flexibility index (Phi) is 7.30. The van der Waals surface area contributed by atoms with Crippen LogP contribution in [0.25, 0.3) is 0 Å². The molecule has 0 saturated heterocycles. The number of hydrogen-bond donors (Lipinski definition) is 1. The number of carbonyl (C=O) groups is 2. The summed E-state index contributed by atoms with van der Waals surface area (Å²) in [7, 11) is 0. The number of carbonyl (C=O) groups excluding carboxylic acids is 2. The van der Waals surface area contributed by atoms with Gasteiger partial charge in [-0.15, -0.1) is 0 Å². The van der Waals surface area contributed by atoms with Gasteiger partial charge in [0, 0.05) is 43.5 Å². The molecule has 0 atom stereocenters. The van der Waals surface area contributed by atoms with Gasteiger partial charge in [-0.25, -0.2) is 4.39 Å². The summed E-state index contributed by atoms with van der Waals surface area (Å²) in [5.74, 6) is -2.05. The van der Waals surface area contributed by atoms with Crippen molar-refractivity contribution in [2.24, 2.45) is 5.92 Å². The molecule has 2 aromatic rings. The third-order valence-electron chi connectivity index (χ3n) is 4.13. The number of nitrogens with one attached hydrogen (secondary N) is 1. The van der Waals surface area contributed by atoms with Gasteiger partial charge >= 0.3 is 6.18 Å². The molecule has 9 heteroatoms. The normalized spacial score (nSPS) is 11.4. The molecule has 2 rings (SSSR count). The van der Waals surface area contributed by atoms with Gasteiger partial charge in [0.05, 0.1) is 11.1 Å². The second-order valence-corrected chi connectivity index (χ2v) is 6.72. The Morgan fingerprint density at radius 3 is 2.52 bits per heavy atom. The van der Waals surface area contributed by atoms with Crippen molar-refractivity contribution < 1.29 is 27.2 Å². The standard InChI is InChI=1S/C20H21F4N3O2/c1-13(2)19(29)27(9-8-26-18(28)14-4-3-7-25-11-14)12-15-10-16(20(22,23)24)5-6-17(15)21/h3-7,10-11,13H,8-9,12H2,1-2H3,(H,26,28). The molecule has 0 spiro atoms. The third kappa shape index (κ3) is 6.27. The van der Waals surface area contributed by atoms with Crippen LogP contribution in [-0.4, -0.2) is 34.8 Å². The van der Waals surface area contributed by atoms with Gasteiger partial charge in [-0.2, -0.15) is 13.2 Å². The van der Waals surface area contributed by atoms with Crippen LogP contribution in [0.4, 0.5) is 17.6 Å². The van der Waals surface area contributed by atoms with Gasteiger partial charge in [0.25, 0.3) is 5.91 Å². The average molecular weight is 411 g/mol. The fraction of sp³-hybridized carbons (Fsp3) is 0.350. The lowest BCUT2D eigenvalue weighted by Crippen LogP contribution is -2.40. The molecule has 0 aliphatic heterocycles. The number of halogens is 4. The summed E-state index contributed by atoms with van der Waals surface area (Å²) in [5.41, 5.74) is -0.902. The van der Waals surface area contributed by atoms with E-state index in [9.17, 15) is 27.2 Å². The predicted molar refractivity (Wildman–Crippen MR) is 98.2 cm³/mol. The second-order valence-electron chi connectivity index (χ2n) is 6.72. The number of pyridine rings is 1. The maximum absolute atomic E-state index is 14.1. The molecule has 0 radical (unpaired) electrons. The molecule has 0 aliphatic carbocycles. The Morgan fingerprint density at radius 1 is 1.21 bits per heavy atom. The monoisotopic (exact) mass is 411 g/mol. The van der Waals surface area contributed by atoms with Crippen molar-refractivity contribution >= 4 is 11.8 Å². The van der Waals surface area contributed by atoms with Crippen molar-refractivity contribution in [3.8, 4) is 0 Å². The van der Waals surface area contributed by atoms with Crippen molar-refractivity contribution in [1.82, 2.24) is 15.2 Å². The molecule has 1 heterocycles. The van der Waals surface area contributed by atoms with Gasteiger partial charge in [0.1, 0.15) is 5.82 Å². The largest absolute Gasteiger partial charge is 0.416 e. The topological polar surface area (TPSA) is 62.3 Å². The molecule has 2 amide bonds. The van der Waals surface area contributed by atoms with E-state index in [1.165, 1.54) is 17.3 Å². The third-order valence-corrected chi connectivity index (χ3v) is 4.13. The maximum atomic E-state index is 14.1. The summed E-state index contributed by atoms with van der Waals surface area (Å²) in [6.45, 7) is 2.99. The van der Waals surface area contributed by atoms with E-state index < -0.39 is 29.4 Å². The van der Waals surface area contributed by atoms with E-state index in [0.29, 0.717) is 17.7 Å². The smallest absolute Gasteiger partial charge is 0.350 e. The summed E-state index contributed by atoms with van der Waals surface area (Å²) < 4.78 is 52.8. The van der Waals surface area contributed by atoms with E-state index in [0.717, 1.165) is 6.07 Å². The summed E-state index contributed by atoms with van der Waals surface area (Å²) in [4.78, 5) is 29.6. The van der Waals surface area contributed by atoms with Crippen LogP contribution in [0.5, 0.6) is 0 Å². The van der Waals surface area contributed by atoms with E-state index in [1.807, 2.05) is 0 Å². The van der Waals surface area contributed by atoms with Crippen LogP contribution >= 0.6 is 0 Å². The number of aromatic nitrogens is 1. The van der Waals surface area contributed by atoms with E-state index in [2.05, 4.69) is 10.3 Å².